The number of aromatic nitrogens is 5. The summed E-state index contributed by atoms with van der Waals surface area (Å²) in [5.41, 5.74) is 0.0595. The van der Waals surface area contributed by atoms with Gasteiger partial charge in [-0.05, 0) is 74.9 Å². The number of hydrogen-bond acceptors (Lipinski definition) is 9. The van der Waals surface area contributed by atoms with E-state index in [-0.39, 0.29) is 35.7 Å². The molecule has 45 heavy (non-hydrogen) atoms. The van der Waals surface area contributed by atoms with Gasteiger partial charge in [0.2, 0.25) is 5.91 Å². The first kappa shape index (κ1) is 29.5. The summed E-state index contributed by atoms with van der Waals surface area (Å²) in [6.45, 7) is 1.45. The Morgan fingerprint density at radius 3 is 2.47 bits per heavy atom. The molecule has 234 valence electrons. The highest BCUT2D eigenvalue weighted by atomic mass is 19.4. The highest BCUT2D eigenvalue weighted by Gasteiger charge is 2.48. The van der Waals surface area contributed by atoms with Crippen LogP contribution >= 0.6 is 0 Å². The number of nitrogens with one attached hydrogen (secondary N) is 1. The van der Waals surface area contributed by atoms with Crippen LogP contribution in [0.2, 0.25) is 0 Å². The van der Waals surface area contributed by atoms with Gasteiger partial charge in [0, 0.05) is 60.8 Å². The SMILES string of the molecule is O=C(CNc1ncnc2ccc(C(F)(F)F)cc12)N1CCC2C1CCN2[C@H]1CC[C@@](O)(c2ccc(-c3ncccn3)cn2)CC1. The van der Waals surface area contributed by atoms with E-state index in [1.807, 2.05) is 17.0 Å². The number of benzene rings is 1. The van der Waals surface area contributed by atoms with Gasteiger partial charge in [0.05, 0.1) is 23.3 Å². The standard InChI is InChI=1S/C32H33F3N8O2/c33-32(34,35)21-3-4-24-23(16-21)30(41-19-40-24)39-18-28(44)43-15-9-25-26(43)8-14-42(25)22-6-10-31(45,11-7-22)27-5-2-20(17-38-27)29-36-12-1-13-37-29/h1-5,12-13,16-17,19,22,25-26,45H,6-11,14-15,18H2,(H,39,40,41)/t22-,25?,26?,31-. The topological polar surface area (TPSA) is 120 Å². The molecular weight excluding hydrogens is 585 g/mol. The molecule has 13 heteroatoms. The molecule has 1 saturated carbocycles. The Morgan fingerprint density at radius 1 is 0.956 bits per heavy atom. The van der Waals surface area contributed by atoms with Crippen molar-refractivity contribution in [2.45, 2.75) is 68.4 Å². The molecule has 2 unspecified atom stereocenters. The van der Waals surface area contributed by atoms with Crippen molar-refractivity contribution >= 4 is 22.6 Å². The van der Waals surface area contributed by atoms with Crippen LogP contribution in [0.4, 0.5) is 19.0 Å². The van der Waals surface area contributed by atoms with Crippen molar-refractivity contribution in [3.63, 3.8) is 0 Å². The van der Waals surface area contributed by atoms with E-state index in [2.05, 4.69) is 35.1 Å². The molecule has 1 amide bonds. The second-order valence-corrected chi connectivity index (χ2v) is 12.1. The minimum atomic E-state index is -4.49. The number of likely N-dealkylation sites (tertiary alicyclic amines) is 2. The summed E-state index contributed by atoms with van der Waals surface area (Å²) in [4.78, 5) is 39.0. The largest absolute Gasteiger partial charge is 0.416 e. The molecule has 2 aliphatic heterocycles. The van der Waals surface area contributed by atoms with E-state index in [0.717, 1.165) is 49.9 Å². The van der Waals surface area contributed by atoms with Gasteiger partial charge in [0.15, 0.2) is 5.82 Å². The van der Waals surface area contributed by atoms with Crippen LogP contribution in [0.1, 0.15) is 49.8 Å². The molecule has 3 fully saturated rings. The lowest BCUT2D eigenvalue weighted by atomic mass is 9.79. The summed E-state index contributed by atoms with van der Waals surface area (Å²) >= 11 is 0. The van der Waals surface area contributed by atoms with Crippen molar-refractivity contribution in [2.75, 3.05) is 25.0 Å². The number of halogens is 3. The zero-order valence-corrected chi connectivity index (χ0v) is 24.5. The molecule has 5 heterocycles. The van der Waals surface area contributed by atoms with Gasteiger partial charge < -0.3 is 15.3 Å². The number of fused-ring (bicyclic) bond motifs is 2. The normalized spacial score (nSPS) is 25.4. The fourth-order valence-corrected chi connectivity index (χ4v) is 7.33. The van der Waals surface area contributed by atoms with E-state index in [0.29, 0.717) is 42.5 Å². The Labute approximate surface area is 257 Å². The van der Waals surface area contributed by atoms with Gasteiger partial charge >= 0.3 is 6.18 Å². The molecule has 0 spiro atoms. The second-order valence-electron chi connectivity index (χ2n) is 12.1. The number of amides is 1. The number of alkyl halides is 3. The number of hydrogen-bond donors (Lipinski definition) is 2. The summed E-state index contributed by atoms with van der Waals surface area (Å²) in [6, 6.07) is 9.51. The van der Waals surface area contributed by atoms with Crippen LogP contribution in [0.25, 0.3) is 22.3 Å². The molecule has 0 bridgehead atoms. The minimum Gasteiger partial charge on any atom is -0.384 e. The van der Waals surface area contributed by atoms with Crippen LogP contribution in [0.5, 0.6) is 0 Å². The van der Waals surface area contributed by atoms with Gasteiger partial charge in [-0.15, -0.1) is 0 Å². The van der Waals surface area contributed by atoms with Crippen LogP contribution in [0, 0.1) is 0 Å². The van der Waals surface area contributed by atoms with Gasteiger partial charge in [-0.3, -0.25) is 14.7 Å². The first-order valence-corrected chi connectivity index (χ1v) is 15.3. The Morgan fingerprint density at radius 2 is 1.73 bits per heavy atom. The summed E-state index contributed by atoms with van der Waals surface area (Å²) in [6.07, 6.45) is 6.49. The lowest BCUT2D eigenvalue weighted by Crippen LogP contribution is -2.47. The van der Waals surface area contributed by atoms with E-state index >= 15 is 0 Å². The van der Waals surface area contributed by atoms with Crippen molar-refractivity contribution in [2.24, 2.45) is 0 Å². The van der Waals surface area contributed by atoms with Crippen molar-refractivity contribution < 1.29 is 23.1 Å². The number of anilines is 1. The molecule has 2 atom stereocenters. The van der Waals surface area contributed by atoms with E-state index in [1.165, 1.54) is 12.4 Å². The zero-order valence-electron chi connectivity index (χ0n) is 24.5. The molecular formula is C32H33F3N8O2. The van der Waals surface area contributed by atoms with Gasteiger partial charge in [0.1, 0.15) is 17.7 Å². The quantitative estimate of drug-likeness (QED) is 0.324. The van der Waals surface area contributed by atoms with Crippen LogP contribution < -0.4 is 5.32 Å². The molecule has 3 aromatic heterocycles. The van der Waals surface area contributed by atoms with E-state index in [1.54, 1.807) is 24.7 Å². The fourth-order valence-electron chi connectivity index (χ4n) is 7.33. The summed E-state index contributed by atoms with van der Waals surface area (Å²) in [5.74, 6) is 0.699. The summed E-state index contributed by atoms with van der Waals surface area (Å²) in [7, 11) is 0. The van der Waals surface area contributed by atoms with Gasteiger partial charge in [-0.1, -0.05) is 0 Å². The second kappa shape index (κ2) is 11.6. The van der Waals surface area contributed by atoms with Crippen LogP contribution in [-0.2, 0) is 16.6 Å². The van der Waals surface area contributed by atoms with Crippen molar-refractivity contribution in [1.29, 1.82) is 0 Å². The minimum absolute atomic E-state index is 0.0653. The molecule has 3 aliphatic rings. The molecule has 10 nitrogen and oxygen atoms in total. The molecule has 0 radical (unpaired) electrons. The van der Waals surface area contributed by atoms with Crippen LogP contribution in [-0.4, -0.2) is 83.5 Å². The number of nitrogens with zero attached hydrogens (tertiary/aromatic N) is 7. The molecule has 1 aliphatic carbocycles. The Hall–Kier alpha value is -4.23. The molecule has 2 saturated heterocycles. The number of rotatable bonds is 6. The predicted molar refractivity (Wildman–Crippen MR) is 160 cm³/mol. The van der Waals surface area contributed by atoms with E-state index in [9.17, 15) is 23.1 Å². The Kier molecular flexibility index (Phi) is 7.60. The third-order valence-electron chi connectivity index (χ3n) is 9.62. The van der Waals surface area contributed by atoms with E-state index < -0.39 is 17.3 Å². The molecule has 1 aromatic carbocycles. The Balaban J connectivity index is 0.957. The fraction of sp³-hybridized carbons (Fsp3) is 0.438. The molecule has 2 N–H and O–H groups in total. The lowest BCUT2D eigenvalue weighted by molar-refractivity contribution is -0.137. The van der Waals surface area contributed by atoms with Crippen molar-refractivity contribution in [3.05, 3.63) is 72.6 Å². The van der Waals surface area contributed by atoms with Crippen molar-refractivity contribution in [1.82, 2.24) is 34.7 Å². The van der Waals surface area contributed by atoms with Crippen LogP contribution in [0.15, 0.2) is 61.3 Å². The smallest absolute Gasteiger partial charge is 0.384 e. The number of aliphatic hydroxyl groups is 1. The van der Waals surface area contributed by atoms with E-state index in [4.69, 9.17) is 0 Å². The maximum atomic E-state index is 13.3. The Bertz CT molecular complexity index is 1680. The summed E-state index contributed by atoms with van der Waals surface area (Å²) in [5, 5.41) is 14.7. The first-order chi connectivity index (χ1) is 21.7. The van der Waals surface area contributed by atoms with Gasteiger partial charge in [-0.25, -0.2) is 19.9 Å². The monoisotopic (exact) mass is 618 g/mol. The predicted octanol–water partition coefficient (Wildman–Crippen LogP) is 4.42. The maximum Gasteiger partial charge on any atom is 0.416 e. The highest BCUT2D eigenvalue weighted by molar-refractivity contribution is 5.91. The van der Waals surface area contributed by atoms with Crippen LogP contribution in [0.3, 0.4) is 0 Å². The summed E-state index contributed by atoms with van der Waals surface area (Å²) < 4.78 is 39.9. The average molecular weight is 619 g/mol. The van der Waals surface area contributed by atoms with Crippen molar-refractivity contribution in [3.8, 4) is 11.4 Å². The number of pyridine rings is 1. The zero-order chi connectivity index (χ0) is 31.2. The average Bonchev–Trinajstić information content (AvgIpc) is 3.67. The van der Waals surface area contributed by atoms with Gasteiger partial charge in [-0.2, -0.15) is 13.2 Å². The number of carbonyl (C=O) groups excluding carboxylic acids is 1. The molecule has 4 aromatic rings. The maximum absolute atomic E-state index is 13.3. The number of carbonyl (C=O) groups is 1. The first-order valence-electron chi connectivity index (χ1n) is 15.3. The third kappa shape index (κ3) is 5.70. The third-order valence-corrected chi connectivity index (χ3v) is 9.62. The molecule has 7 rings (SSSR count). The van der Waals surface area contributed by atoms with Gasteiger partial charge in [0.25, 0.3) is 0 Å². The lowest BCUT2D eigenvalue weighted by Gasteiger charge is -2.41. The highest BCUT2D eigenvalue weighted by Crippen LogP contribution is 2.42.